The highest BCUT2D eigenvalue weighted by molar-refractivity contribution is 14.0. The van der Waals surface area contributed by atoms with E-state index >= 15 is 0 Å². The van der Waals surface area contributed by atoms with Crippen molar-refractivity contribution >= 4 is 35.6 Å². The second-order valence-corrected chi connectivity index (χ2v) is 6.08. The molecule has 0 aliphatic rings. The molecule has 7 heteroatoms. The van der Waals surface area contributed by atoms with Gasteiger partial charge in [0.05, 0.1) is 13.2 Å². The van der Waals surface area contributed by atoms with Crippen LogP contribution < -0.4 is 20.5 Å². The third kappa shape index (κ3) is 7.26. The van der Waals surface area contributed by atoms with Gasteiger partial charge in [0.1, 0.15) is 11.5 Å². The molecule has 0 aliphatic heterocycles. The highest BCUT2D eigenvalue weighted by atomic mass is 127. The molecule has 3 N–H and O–H groups in total. The van der Waals surface area contributed by atoms with Gasteiger partial charge in [-0.05, 0) is 48.9 Å². The molecule has 6 nitrogen and oxygen atoms in total. The van der Waals surface area contributed by atoms with E-state index in [4.69, 9.17) is 15.2 Å². The molecule has 0 saturated carbocycles. The third-order valence-electron chi connectivity index (χ3n) is 3.83. The minimum atomic E-state index is 0. The zero-order valence-corrected chi connectivity index (χ0v) is 18.6. The minimum Gasteiger partial charge on any atom is -0.494 e. The third-order valence-corrected chi connectivity index (χ3v) is 3.83. The molecule has 29 heavy (non-hydrogen) atoms. The molecule has 0 amide bonds. The van der Waals surface area contributed by atoms with Gasteiger partial charge in [-0.2, -0.15) is 0 Å². The van der Waals surface area contributed by atoms with Crippen LogP contribution in [0.5, 0.6) is 17.4 Å². The van der Waals surface area contributed by atoms with Crippen molar-refractivity contribution in [3.8, 4) is 17.4 Å². The van der Waals surface area contributed by atoms with Crippen molar-refractivity contribution in [2.45, 2.75) is 19.9 Å². The minimum absolute atomic E-state index is 0. The van der Waals surface area contributed by atoms with E-state index in [0.29, 0.717) is 30.7 Å². The Balaban J connectivity index is 0.00000300. The molecule has 0 spiro atoms. The first-order valence-corrected chi connectivity index (χ1v) is 9.21. The number of guanidine groups is 1. The van der Waals surface area contributed by atoms with Crippen molar-refractivity contribution in [1.29, 1.82) is 0 Å². The molecular formula is C22H25IN4O2. The monoisotopic (exact) mass is 504 g/mol. The second kappa shape index (κ2) is 11.9. The molecule has 0 aliphatic carbocycles. The first-order chi connectivity index (χ1) is 13.7. The molecule has 0 fully saturated rings. The van der Waals surface area contributed by atoms with Crippen molar-refractivity contribution in [1.82, 2.24) is 4.98 Å². The van der Waals surface area contributed by atoms with Crippen molar-refractivity contribution in [2.24, 2.45) is 10.7 Å². The highest BCUT2D eigenvalue weighted by Gasteiger charge is 2.07. The van der Waals surface area contributed by atoms with E-state index in [1.54, 1.807) is 6.20 Å². The van der Waals surface area contributed by atoms with Gasteiger partial charge in [0.25, 0.3) is 0 Å². The highest BCUT2D eigenvalue weighted by Crippen LogP contribution is 2.25. The number of halogens is 1. The van der Waals surface area contributed by atoms with Gasteiger partial charge >= 0.3 is 0 Å². The maximum atomic E-state index is 5.98. The summed E-state index contributed by atoms with van der Waals surface area (Å²) in [4.78, 5) is 8.71. The van der Waals surface area contributed by atoms with E-state index in [-0.39, 0.29) is 24.0 Å². The van der Waals surface area contributed by atoms with Crippen LogP contribution in [0.3, 0.4) is 0 Å². The topological polar surface area (TPSA) is 81.8 Å². The van der Waals surface area contributed by atoms with Crippen LogP contribution in [-0.4, -0.2) is 17.6 Å². The fourth-order valence-electron chi connectivity index (χ4n) is 2.45. The Morgan fingerprint density at radius 3 is 2.45 bits per heavy atom. The fraction of sp³-hybridized carbons (Fsp3) is 0.182. The predicted octanol–water partition coefficient (Wildman–Crippen LogP) is 5.21. The summed E-state index contributed by atoms with van der Waals surface area (Å²) in [7, 11) is 0. The summed E-state index contributed by atoms with van der Waals surface area (Å²) in [6.07, 6.45) is 2.66. The molecule has 0 radical (unpaired) electrons. The Kier molecular flexibility index (Phi) is 9.23. The quantitative estimate of drug-likeness (QED) is 0.250. The van der Waals surface area contributed by atoms with Gasteiger partial charge in [0.15, 0.2) is 5.96 Å². The average Bonchev–Trinajstić information content (AvgIpc) is 2.73. The number of para-hydroxylation sites is 1. The molecule has 152 valence electrons. The largest absolute Gasteiger partial charge is 0.494 e. The van der Waals surface area contributed by atoms with Gasteiger partial charge in [-0.1, -0.05) is 31.2 Å². The number of nitrogens with one attached hydrogen (secondary N) is 1. The molecule has 0 bridgehead atoms. The van der Waals surface area contributed by atoms with Crippen LogP contribution in [0.1, 0.15) is 18.9 Å². The molecule has 3 aromatic rings. The molecule has 2 aromatic carbocycles. The van der Waals surface area contributed by atoms with Crippen LogP contribution in [0.15, 0.2) is 77.9 Å². The summed E-state index contributed by atoms with van der Waals surface area (Å²) < 4.78 is 11.5. The van der Waals surface area contributed by atoms with Crippen LogP contribution in [0, 0.1) is 0 Å². The maximum absolute atomic E-state index is 5.98. The van der Waals surface area contributed by atoms with E-state index in [2.05, 4.69) is 22.2 Å². The predicted molar refractivity (Wildman–Crippen MR) is 127 cm³/mol. The number of benzene rings is 2. The van der Waals surface area contributed by atoms with Gasteiger partial charge in [0.2, 0.25) is 5.88 Å². The van der Waals surface area contributed by atoms with Crippen molar-refractivity contribution < 1.29 is 9.47 Å². The lowest BCUT2D eigenvalue weighted by molar-refractivity contribution is 0.317. The molecule has 1 aromatic heterocycles. The SMILES string of the molecule is CCCOc1ccc(Oc2ncccc2CN=C(N)Nc2ccccc2)cc1.I. The standard InChI is InChI=1S/C22H24N4O2.HI/c1-2-15-27-19-10-12-20(13-11-19)28-21-17(7-6-14-24-21)16-25-22(23)26-18-8-4-3-5-9-18;/h3-14H,2,15-16H2,1H3,(H3,23,25,26);1H. The first kappa shape index (κ1) is 22.5. The van der Waals surface area contributed by atoms with Gasteiger partial charge in [-0.3, -0.25) is 0 Å². The zero-order chi connectivity index (χ0) is 19.6. The number of pyridine rings is 1. The fourth-order valence-corrected chi connectivity index (χ4v) is 2.45. The van der Waals surface area contributed by atoms with Gasteiger partial charge in [-0.15, -0.1) is 24.0 Å². The summed E-state index contributed by atoms with van der Waals surface area (Å²) in [5.74, 6) is 2.34. The van der Waals surface area contributed by atoms with E-state index in [1.165, 1.54) is 0 Å². The normalized spacial score (nSPS) is 10.7. The number of aromatic nitrogens is 1. The lowest BCUT2D eigenvalue weighted by Gasteiger charge is -2.10. The van der Waals surface area contributed by atoms with Gasteiger partial charge < -0.3 is 20.5 Å². The number of ether oxygens (including phenoxy) is 2. The summed E-state index contributed by atoms with van der Waals surface area (Å²) in [5, 5.41) is 3.06. The van der Waals surface area contributed by atoms with Crippen LogP contribution in [0.25, 0.3) is 0 Å². The number of nitrogens with two attached hydrogens (primary N) is 1. The van der Waals surface area contributed by atoms with Gasteiger partial charge in [-0.25, -0.2) is 9.98 Å². The number of hydrogen-bond donors (Lipinski definition) is 2. The average molecular weight is 504 g/mol. The van der Waals surface area contributed by atoms with Crippen molar-refractivity contribution in [2.75, 3.05) is 11.9 Å². The molecular weight excluding hydrogens is 479 g/mol. The molecule has 0 unspecified atom stereocenters. The number of nitrogens with zero attached hydrogens (tertiary/aromatic N) is 2. The molecule has 0 saturated heterocycles. The Labute approximate surface area is 188 Å². The van der Waals surface area contributed by atoms with E-state index in [1.807, 2.05) is 66.7 Å². The van der Waals surface area contributed by atoms with Crippen molar-refractivity contribution in [3.05, 3.63) is 78.5 Å². The van der Waals surface area contributed by atoms with Crippen LogP contribution in [0.2, 0.25) is 0 Å². The van der Waals surface area contributed by atoms with Gasteiger partial charge in [0, 0.05) is 17.4 Å². The lowest BCUT2D eigenvalue weighted by atomic mass is 10.2. The second-order valence-electron chi connectivity index (χ2n) is 6.08. The van der Waals surface area contributed by atoms with Crippen LogP contribution >= 0.6 is 24.0 Å². The lowest BCUT2D eigenvalue weighted by Crippen LogP contribution is -2.22. The van der Waals surface area contributed by atoms with Crippen LogP contribution in [0.4, 0.5) is 5.69 Å². The Morgan fingerprint density at radius 2 is 1.72 bits per heavy atom. The Morgan fingerprint density at radius 1 is 1.00 bits per heavy atom. The van der Waals surface area contributed by atoms with Crippen molar-refractivity contribution in [3.63, 3.8) is 0 Å². The molecule has 0 atom stereocenters. The van der Waals surface area contributed by atoms with E-state index in [9.17, 15) is 0 Å². The van der Waals surface area contributed by atoms with Crippen LogP contribution in [-0.2, 0) is 6.54 Å². The molecule has 3 rings (SSSR count). The number of hydrogen-bond acceptors (Lipinski definition) is 4. The summed E-state index contributed by atoms with van der Waals surface area (Å²) in [6.45, 7) is 3.12. The maximum Gasteiger partial charge on any atom is 0.224 e. The first-order valence-electron chi connectivity index (χ1n) is 9.21. The smallest absolute Gasteiger partial charge is 0.224 e. The number of anilines is 1. The zero-order valence-electron chi connectivity index (χ0n) is 16.2. The van der Waals surface area contributed by atoms with E-state index in [0.717, 1.165) is 23.4 Å². The number of rotatable bonds is 8. The Bertz CT molecular complexity index is 902. The van der Waals surface area contributed by atoms with E-state index < -0.39 is 0 Å². The molecule has 1 heterocycles. The summed E-state index contributed by atoms with van der Waals surface area (Å²) in [5.41, 5.74) is 7.70. The summed E-state index contributed by atoms with van der Waals surface area (Å²) >= 11 is 0. The number of aliphatic imine (C=N–C) groups is 1. The Hall–Kier alpha value is -2.81. The summed E-state index contributed by atoms with van der Waals surface area (Å²) in [6, 6.07) is 20.9.